The second-order valence-corrected chi connectivity index (χ2v) is 7.01. The number of nitriles is 1. The lowest BCUT2D eigenvalue weighted by Crippen LogP contribution is -2.12. The van der Waals surface area contributed by atoms with Crippen LogP contribution in [0.1, 0.15) is 29.2 Å². The maximum Gasteiger partial charge on any atom is 0.416 e. The van der Waals surface area contributed by atoms with E-state index in [0.29, 0.717) is 12.1 Å². The Kier molecular flexibility index (Phi) is 6.67. The number of esters is 1. The Hall–Kier alpha value is -3.88. The highest BCUT2D eigenvalue weighted by atomic mass is 19.4. The number of benzene rings is 1. The third kappa shape index (κ3) is 5.19. The quantitative estimate of drug-likeness (QED) is 0.200. The van der Waals surface area contributed by atoms with Crippen molar-refractivity contribution in [2.75, 3.05) is 6.61 Å². The molecular formula is C22H14F7N3O2. The van der Waals surface area contributed by atoms with Gasteiger partial charge in [0, 0.05) is 24.5 Å². The van der Waals surface area contributed by atoms with E-state index in [9.17, 15) is 40.8 Å². The van der Waals surface area contributed by atoms with Crippen LogP contribution in [0.5, 0.6) is 0 Å². The number of nitrogens with zero attached hydrogens (tertiary/aromatic N) is 3. The highest BCUT2D eigenvalue weighted by molar-refractivity contribution is 6.00. The molecule has 34 heavy (non-hydrogen) atoms. The van der Waals surface area contributed by atoms with Crippen LogP contribution in [0, 0.1) is 17.1 Å². The third-order valence-corrected chi connectivity index (χ3v) is 4.65. The molecule has 0 saturated heterocycles. The standard InChI is InChI=1S/C22H14F7N3O2/c1-2-34-20(33)13(9-30)7-14-11-32(19-18(14)17(23)3-4-31-19)10-12-5-15(21(24,25)26)8-16(6-12)22(27,28)29/h3-8,11H,2,10H2,1H3/b13-7+. The molecule has 5 nitrogen and oxygen atoms in total. The molecule has 0 unspecified atom stereocenters. The molecule has 2 heterocycles. The summed E-state index contributed by atoms with van der Waals surface area (Å²) in [7, 11) is 0. The predicted octanol–water partition coefficient (Wildman–Crippen LogP) is 5.73. The second-order valence-electron chi connectivity index (χ2n) is 7.01. The first-order valence-electron chi connectivity index (χ1n) is 9.55. The third-order valence-electron chi connectivity index (χ3n) is 4.65. The number of hydrogen-bond donors (Lipinski definition) is 0. The number of pyridine rings is 1. The molecule has 0 aliphatic carbocycles. The van der Waals surface area contributed by atoms with Crippen LogP contribution in [0.4, 0.5) is 30.7 Å². The molecule has 0 fully saturated rings. The number of rotatable bonds is 5. The maximum absolute atomic E-state index is 14.6. The van der Waals surface area contributed by atoms with Gasteiger partial charge in [-0.25, -0.2) is 14.2 Å². The Morgan fingerprint density at radius 3 is 2.29 bits per heavy atom. The van der Waals surface area contributed by atoms with Crippen LogP contribution in [0.2, 0.25) is 0 Å². The Labute approximate surface area is 187 Å². The van der Waals surface area contributed by atoms with E-state index in [4.69, 9.17) is 4.74 Å². The van der Waals surface area contributed by atoms with E-state index in [2.05, 4.69) is 4.98 Å². The minimum atomic E-state index is -5.03. The van der Waals surface area contributed by atoms with E-state index in [1.165, 1.54) is 13.1 Å². The van der Waals surface area contributed by atoms with Gasteiger partial charge >= 0.3 is 18.3 Å². The molecule has 0 atom stereocenters. The zero-order chi connectivity index (χ0) is 25.3. The van der Waals surface area contributed by atoms with E-state index in [1.54, 1.807) is 6.07 Å². The van der Waals surface area contributed by atoms with Crippen LogP contribution in [0.15, 0.2) is 42.2 Å². The number of halogens is 7. The summed E-state index contributed by atoms with van der Waals surface area (Å²) < 4.78 is 99.6. The average Bonchev–Trinajstić information content (AvgIpc) is 3.09. The second kappa shape index (κ2) is 9.17. The summed E-state index contributed by atoms with van der Waals surface area (Å²) in [5.74, 6) is -1.81. The molecule has 0 radical (unpaired) electrons. The van der Waals surface area contributed by atoms with Crippen molar-refractivity contribution in [3.8, 4) is 6.07 Å². The fourth-order valence-corrected chi connectivity index (χ4v) is 3.24. The first-order chi connectivity index (χ1) is 15.8. The number of carbonyl (C=O) groups excluding carboxylic acids is 1. The SMILES string of the molecule is CCOC(=O)/C(C#N)=C/c1cn(Cc2cc(C(F)(F)F)cc(C(F)(F)F)c2)c2nccc(F)c12. The van der Waals surface area contributed by atoms with Crippen molar-refractivity contribution in [1.82, 2.24) is 9.55 Å². The van der Waals surface area contributed by atoms with Crippen LogP contribution in [0.3, 0.4) is 0 Å². The van der Waals surface area contributed by atoms with Crippen LogP contribution in [0.25, 0.3) is 17.1 Å². The van der Waals surface area contributed by atoms with Crippen LogP contribution >= 0.6 is 0 Å². The zero-order valence-corrected chi connectivity index (χ0v) is 17.3. The molecule has 0 aliphatic heterocycles. The molecule has 3 aromatic rings. The lowest BCUT2D eigenvalue weighted by molar-refractivity contribution is -0.143. The molecule has 0 bridgehead atoms. The van der Waals surface area contributed by atoms with Gasteiger partial charge in [0.15, 0.2) is 0 Å². The van der Waals surface area contributed by atoms with Gasteiger partial charge < -0.3 is 9.30 Å². The number of aromatic nitrogens is 2. The van der Waals surface area contributed by atoms with Crippen molar-refractivity contribution >= 4 is 23.1 Å². The molecule has 0 aliphatic rings. The predicted molar refractivity (Wildman–Crippen MR) is 105 cm³/mol. The van der Waals surface area contributed by atoms with Crippen LogP contribution in [-0.2, 0) is 28.4 Å². The fraction of sp³-hybridized carbons (Fsp3) is 0.227. The molecule has 12 heteroatoms. The molecule has 178 valence electrons. The number of ether oxygens (including phenoxy) is 1. The molecular weight excluding hydrogens is 471 g/mol. The molecule has 0 amide bonds. The molecule has 0 spiro atoms. The van der Waals surface area contributed by atoms with Gasteiger partial charge in [-0.2, -0.15) is 31.6 Å². The Morgan fingerprint density at radius 2 is 1.76 bits per heavy atom. The Bertz CT molecular complexity index is 1280. The van der Waals surface area contributed by atoms with Crippen LogP contribution in [-0.4, -0.2) is 22.1 Å². The van der Waals surface area contributed by atoms with Crippen molar-refractivity contribution in [3.05, 3.63) is 70.3 Å². The largest absolute Gasteiger partial charge is 0.462 e. The van der Waals surface area contributed by atoms with E-state index in [-0.39, 0.29) is 34.8 Å². The van der Waals surface area contributed by atoms with Crippen molar-refractivity contribution in [2.45, 2.75) is 25.8 Å². The summed E-state index contributed by atoms with van der Waals surface area (Å²) in [6, 6.07) is 3.69. The number of hydrogen-bond acceptors (Lipinski definition) is 4. The molecule has 1 aromatic carbocycles. The monoisotopic (exact) mass is 485 g/mol. The van der Waals surface area contributed by atoms with Crippen molar-refractivity contribution in [2.24, 2.45) is 0 Å². The smallest absolute Gasteiger partial charge is 0.416 e. The summed E-state index contributed by atoms with van der Waals surface area (Å²) in [5, 5.41) is 9.05. The first kappa shape index (κ1) is 24.8. The summed E-state index contributed by atoms with van der Waals surface area (Å²) in [6.45, 7) is 0.939. The highest BCUT2D eigenvalue weighted by Gasteiger charge is 2.37. The maximum atomic E-state index is 14.6. The number of fused-ring (bicyclic) bond motifs is 1. The van der Waals surface area contributed by atoms with Gasteiger partial charge in [-0.3, -0.25) is 0 Å². The van der Waals surface area contributed by atoms with E-state index in [1.807, 2.05) is 0 Å². The Balaban J connectivity index is 2.17. The summed E-state index contributed by atoms with van der Waals surface area (Å²) >= 11 is 0. The summed E-state index contributed by atoms with van der Waals surface area (Å²) in [4.78, 5) is 15.9. The topological polar surface area (TPSA) is 67.9 Å². The normalized spacial score (nSPS) is 12.6. The number of alkyl halides is 6. The van der Waals surface area contributed by atoms with Crippen LogP contribution < -0.4 is 0 Å². The zero-order valence-electron chi connectivity index (χ0n) is 17.3. The molecule has 0 N–H and O–H groups in total. The Morgan fingerprint density at radius 1 is 1.15 bits per heavy atom. The van der Waals surface area contributed by atoms with Gasteiger partial charge in [-0.1, -0.05) is 0 Å². The van der Waals surface area contributed by atoms with E-state index < -0.39 is 47.4 Å². The molecule has 0 saturated carbocycles. The summed E-state index contributed by atoms with van der Waals surface area (Å²) in [6.07, 6.45) is -6.83. The molecule has 2 aromatic heterocycles. The van der Waals surface area contributed by atoms with Gasteiger partial charge in [0.2, 0.25) is 0 Å². The summed E-state index contributed by atoms with van der Waals surface area (Å²) in [5.41, 5.74) is -4.00. The molecule has 3 rings (SSSR count). The average molecular weight is 485 g/mol. The van der Waals surface area contributed by atoms with Gasteiger partial charge in [0.25, 0.3) is 0 Å². The van der Waals surface area contributed by atoms with Gasteiger partial charge in [0.1, 0.15) is 23.1 Å². The van der Waals surface area contributed by atoms with Crippen molar-refractivity contribution < 1.29 is 40.3 Å². The van der Waals surface area contributed by atoms with E-state index >= 15 is 0 Å². The lowest BCUT2D eigenvalue weighted by Gasteiger charge is -2.15. The minimum Gasteiger partial charge on any atom is -0.462 e. The van der Waals surface area contributed by atoms with Gasteiger partial charge in [0.05, 0.1) is 23.1 Å². The highest BCUT2D eigenvalue weighted by Crippen LogP contribution is 2.37. The van der Waals surface area contributed by atoms with Crippen molar-refractivity contribution in [3.63, 3.8) is 0 Å². The number of carbonyl (C=O) groups is 1. The van der Waals surface area contributed by atoms with Crippen molar-refractivity contribution in [1.29, 1.82) is 5.26 Å². The lowest BCUT2D eigenvalue weighted by atomic mass is 10.0. The van der Waals surface area contributed by atoms with Gasteiger partial charge in [-0.15, -0.1) is 0 Å². The van der Waals surface area contributed by atoms with Gasteiger partial charge in [-0.05, 0) is 42.8 Å². The fourth-order valence-electron chi connectivity index (χ4n) is 3.24. The first-order valence-corrected chi connectivity index (χ1v) is 9.55. The van der Waals surface area contributed by atoms with E-state index in [0.717, 1.165) is 22.9 Å². The minimum absolute atomic E-state index is 0.00187.